The number of halogens is 1. The number of rotatable bonds is 6. The monoisotopic (exact) mass is 458 g/mol. The lowest BCUT2D eigenvalue weighted by Crippen LogP contribution is -2.32. The van der Waals surface area contributed by atoms with Gasteiger partial charge in [-0.15, -0.1) is 0 Å². The molecule has 166 valence electrons. The van der Waals surface area contributed by atoms with Gasteiger partial charge in [-0.2, -0.15) is 5.10 Å². The minimum absolute atomic E-state index is 0.00528. The molecule has 1 N–H and O–H groups in total. The van der Waals surface area contributed by atoms with E-state index in [0.29, 0.717) is 10.8 Å². The van der Waals surface area contributed by atoms with Crippen molar-refractivity contribution in [2.24, 2.45) is 0 Å². The van der Waals surface area contributed by atoms with Crippen LogP contribution in [0.1, 0.15) is 37.3 Å². The van der Waals surface area contributed by atoms with Crippen LogP contribution in [0, 0.1) is 10.1 Å². The first-order chi connectivity index (χ1) is 15.1. The molecule has 1 atom stereocenters. The van der Waals surface area contributed by atoms with Crippen LogP contribution in [0.4, 0.5) is 11.4 Å². The third-order valence-corrected chi connectivity index (χ3v) is 4.91. The maximum atomic E-state index is 12.8. The summed E-state index contributed by atoms with van der Waals surface area (Å²) in [7, 11) is 0. The molecule has 1 amide bonds. The number of amides is 1. The number of aromatic nitrogens is 2. The van der Waals surface area contributed by atoms with Gasteiger partial charge in [0.1, 0.15) is 0 Å². The SMILES string of the molecule is CC(OC(=O)c1nn(C(C)C)c(=O)c2ccccc12)C(=O)Nc1cc([N+](=O)[O-])ccc1Cl. The molecule has 0 bridgehead atoms. The zero-order chi connectivity index (χ0) is 23.6. The van der Waals surface area contributed by atoms with Crippen molar-refractivity contribution in [3.63, 3.8) is 0 Å². The Morgan fingerprint density at radius 1 is 1.16 bits per heavy atom. The van der Waals surface area contributed by atoms with E-state index in [1.807, 2.05) is 0 Å². The number of benzene rings is 2. The predicted molar refractivity (Wildman–Crippen MR) is 118 cm³/mol. The summed E-state index contributed by atoms with van der Waals surface area (Å²) in [6.07, 6.45) is -1.28. The average molecular weight is 459 g/mol. The highest BCUT2D eigenvalue weighted by Crippen LogP contribution is 2.27. The highest BCUT2D eigenvalue weighted by Gasteiger charge is 2.24. The molecule has 2 aromatic carbocycles. The molecule has 1 unspecified atom stereocenters. The zero-order valence-corrected chi connectivity index (χ0v) is 18.1. The second kappa shape index (κ2) is 9.15. The van der Waals surface area contributed by atoms with Crippen molar-refractivity contribution in [2.75, 3.05) is 5.32 Å². The van der Waals surface area contributed by atoms with Crippen molar-refractivity contribution in [1.82, 2.24) is 9.78 Å². The number of hydrogen-bond donors (Lipinski definition) is 1. The molecule has 11 heteroatoms. The molecule has 0 aliphatic carbocycles. The minimum Gasteiger partial charge on any atom is -0.448 e. The quantitative estimate of drug-likeness (QED) is 0.338. The van der Waals surface area contributed by atoms with Gasteiger partial charge in [0.15, 0.2) is 11.8 Å². The maximum Gasteiger partial charge on any atom is 0.360 e. The fourth-order valence-corrected chi connectivity index (χ4v) is 3.10. The smallest absolute Gasteiger partial charge is 0.360 e. The van der Waals surface area contributed by atoms with E-state index in [1.165, 1.54) is 23.7 Å². The Morgan fingerprint density at radius 3 is 2.44 bits per heavy atom. The third kappa shape index (κ3) is 4.59. The van der Waals surface area contributed by atoms with Crippen LogP contribution in [0.15, 0.2) is 47.3 Å². The van der Waals surface area contributed by atoms with Crippen LogP contribution in [0.5, 0.6) is 0 Å². The molecular weight excluding hydrogens is 440 g/mol. The summed E-state index contributed by atoms with van der Waals surface area (Å²) in [4.78, 5) is 48.3. The topological polar surface area (TPSA) is 133 Å². The maximum absolute atomic E-state index is 12.8. The Labute approximate surface area is 186 Å². The minimum atomic E-state index is -1.28. The van der Waals surface area contributed by atoms with Crippen molar-refractivity contribution in [3.05, 3.63) is 73.6 Å². The Hall–Kier alpha value is -3.79. The molecule has 0 saturated heterocycles. The lowest BCUT2D eigenvalue weighted by Gasteiger charge is -2.16. The van der Waals surface area contributed by atoms with Crippen LogP contribution in [0.3, 0.4) is 0 Å². The van der Waals surface area contributed by atoms with Crippen LogP contribution in [0.25, 0.3) is 10.8 Å². The van der Waals surface area contributed by atoms with Crippen LogP contribution in [-0.4, -0.2) is 32.7 Å². The van der Waals surface area contributed by atoms with Crippen LogP contribution < -0.4 is 10.9 Å². The number of nitrogens with zero attached hydrogens (tertiary/aromatic N) is 3. The van der Waals surface area contributed by atoms with E-state index >= 15 is 0 Å². The molecule has 3 rings (SSSR count). The van der Waals surface area contributed by atoms with Crippen molar-refractivity contribution < 1.29 is 19.2 Å². The molecule has 1 heterocycles. The van der Waals surface area contributed by atoms with Crippen molar-refractivity contribution >= 4 is 45.6 Å². The van der Waals surface area contributed by atoms with Crippen molar-refractivity contribution in [3.8, 4) is 0 Å². The van der Waals surface area contributed by atoms with Gasteiger partial charge in [-0.1, -0.05) is 29.8 Å². The van der Waals surface area contributed by atoms with Gasteiger partial charge in [0, 0.05) is 17.5 Å². The van der Waals surface area contributed by atoms with E-state index in [0.717, 1.165) is 6.07 Å². The summed E-state index contributed by atoms with van der Waals surface area (Å²) in [6.45, 7) is 4.83. The number of ether oxygens (including phenoxy) is 1. The standard InChI is InChI=1S/C21H19ClN4O6/c1-11(2)25-20(28)15-7-5-4-6-14(15)18(24-25)21(29)32-12(3)19(27)23-17-10-13(26(30)31)8-9-16(17)22/h4-12H,1-3H3,(H,23,27). The molecule has 0 aliphatic heterocycles. The van der Waals surface area contributed by atoms with Gasteiger partial charge in [-0.25, -0.2) is 9.48 Å². The number of nitro benzene ring substituents is 1. The Morgan fingerprint density at radius 2 is 1.81 bits per heavy atom. The van der Waals surface area contributed by atoms with Crippen LogP contribution in [-0.2, 0) is 9.53 Å². The van der Waals surface area contributed by atoms with Gasteiger partial charge in [-0.3, -0.25) is 19.7 Å². The molecule has 1 aromatic heterocycles. The highest BCUT2D eigenvalue weighted by molar-refractivity contribution is 6.33. The summed E-state index contributed by atoms with van der Waals surface area (Å²) >= 11 is 5.99. The zero-order valence-electron chi connectivity index (χ0n) is 17.4. The van der Waals surface area contributed by atoms with E-state index in [2.05, 4.69) is 10.4 Å². The first-order valence-electron chi connectivity index (χ1n) is 9.57. The molecular formula is C21H19ClN4O6. The number of nitrogens with one attached hydrogen (secondary N) is 1. The molecule has 3 aromatic rings. The number of carbonyl (C=O) groups excluding carboxylic acids is 2. The van der Waals surface area contributed by atoms with E-state index in [4.69, 9.17) is 16.3 Å². The summed E-state index contributed by atoms with van der Waals surface area (Å²) in [5.41, 5.74) is -0.716. The summed E-state index contributed by atoms with van der Waals surface area (Å²) in [6, 6.07) is 9.73. The summed E-state index contributed by atoms with van der Waals surface area (Å²) in [5.74, 6) is -1.65. The molecule has 0 aliphatic rings. The van der Waals surface area contributed by atoms with Gasteiger partial charge in [0.2, 0.25) is 0 Å². The fraction of sp³-hybridized carbons (Fsp3) is 0.238. The second-order valence-corrected chi connectivity index (χ2v) is 7.60. The largest absolute Gasteiger partial charge is 0.448 e. The number of carbonyl (C=O) groups is 2. The number of esters is 1. The summed E-state index contributed by atoms with van der Waals surface area (Å²) in [5, 5.41) is 18.2. The summed E-state index contributed by atoms with van der Waals surface area (Å²) < 4.78 is 6.44. The normalized spacial score (nSPS) is 11.9. The lowest BCUT2D eigenvalue weighted by atomic mass is 10.1. The molecule has 0 fully saturated rings. The van der Waals surface area contributed by atoms with E-state index in [-0.39, 0.29) is 33.7 Å². The van der Waals surface area contributed by atoms with Gasteiger partial charge >= 0.3 is 5.97 Å². The molecule has 0 radical (unpaired) electrons. The molecule has 0 saturated carbocycles. The molecule has 10 nitrogen and oxygen atoms in total. The van der Waals surface area contributed by atoms with E-state index in [9.17, 15) is 24.5 Å². The van der Waals surface area contributed by atoms with Crippen LogP contribution >= 0.6 is 11.6 Å². The lowest BCUT2D eigenvalue weighted by molar-refractivity contribution is -0.384. The number of nitro groups is 1. The van der Waals surface area contributed by atoms with Gasteiger partial charge in [0.25, 0.3) is 17.2 Å². The second-order valence-electron chi connectivity index (χ2n) is 7.20. The van der Waals surface area contributed by atoms with Crippen molar-refractivity contribution in [1.29, 1.82) is 0 Å². The van der Waals surface area contributed by atoms with Gasteiger partial charge in [-0.05, 0) is 32.9 Å². The number of anilines is 1. The Kier molecular flexibility index (Phi) is 6.54. The Bertz CT molecular complexity index is 1290. The number of hydrogen-bond acceptors (Lipinski definition) is 7. The predicted octanol–water partition coefficient (Wildman–Crippen LogP) is 3.72. The van der Waals surface area contributed by atoms with Crippen molar-refractivity contribution in [2.45, 2.75) is 32.9 Å². The number of non-ortho nitro benzene ring substituents is 1. The molecule has 32 heavy (non-hydrogen) atoms. The van der Waals surface area contributed by atoms with Gasteiger partial charge in [0.05, 0.1) is 27.1 Å². The molecule has 0 spiro atoms. The Balaban J connectivity index is 1.86. The highest BCUT2D eigenvalue weighted by atomic mass is 35.5. The van der Waals surface area contributed by atoms with E-state index in [1.54, 1.807) is 38.1 Å². The number of fused-ring (bicyclic) bond motifs is 1. The fourth-order valence-electron chi connectivity index (χ4n) is 2.93. The first kappa shape index (κ1) is 22.9. The van der Waals surface area contributed by atoms with E-state index < -0.39 is 22.9 Å². The average Bonchev–Trinajstić information content (AvgIpc) is 2.75. The third-order valence-electron chi connectivity index (χ3n) is 4.58. The van der Waals surface area contributed by atoms with Gasteiger partial charge < -0.3 is 10.1 Å². The van der Waals surface area contributed by atoms with Crippen LogP contribution in [0.2, 0.25) is 5.02 Å². The first-order valence-corrected chi connectivity index (χ1v) is 9.95.